The quantitative estimate of drug-likeness (QED) is 0.554. The maximum absolute atomic E-state index is 12.7. The van der Waals surface area contributed by atoms with Gasteiger partial charge >= 0.3 is 0 Å². The highest BCUT2D eigenvalue weighted by Gasteiger charge is 2.40. The number of ether oxygens (including phenoxy) is 1. The zero-order valence-electron chi connectivity index (χ0n) is 14.6. The lowest BCUT2D eigenvalue weighted by molar-refractivity contribution is -0.132. The van der Waals surface area contributed by atoms with E-state index in [1.807, 2.05) is 19.1 Å². The monoisotopic (exact) mass is 317 g/mol. The first-order valence-corrected chi connectivity index (χ1v) is 8.59. The Hall–Kier alpha value is -1.84. The van der Waals surface area contributed by atoms with Crippen molar-refractivity contribution >= 4 is 17.4 Å². The lowest BCUT2D eigenvalue weighted by atomic mass is 10.00. The van der Waals surface area contributed by atoms with Crippen molar-refractivity contribution in [2.24, 2.45) is 0 Å². The van der Waals surface area contributed by atoms with Crippen molar-refractivity contribution in [3.05, 3.63) is 23.8 Å². The largest absolute Gasteiger partial charge is 0.476 e. The summed E-state index contributed by atoms with van der Waals surface area (Å²) in [5.41, 5.74) is 0.517. The number of ketones is 1. The van der Waals surface area contributed by atoms with E-state index in [-0.39, 0.29) is 11.7 Å². The molecule has 0 N–H and O–H groups in total. The van der Waals surface area contributed by atoms with Gasteiger partial charge in [-0.2, -0.15) is 0 Å². The molecule has 1 aromatic rings. The highest BCUT2D eigenvalue weighted by molar-refractivity contribution is 6.04. The third-order valence-corrected chi connectivity index (χ3v) is 4.16. The van der Waals surface area contributed by atoms with E-state index in [1.165, 1.54) is 0 Å². The molecule has 0 radical (unpaired) electrons. The van der Waals surface area contributed by atoms with Crippen LogP contribution in [-0.2, 0) is 4.79 Å². The number of unbranched alkanes of at least 4 members (excludes halogenated alkanes) is 2. The normalized spacial score (nSPS) is 16.0. The first kappa shape index (κ1) is 17.5. The van der Waals surface area contributed by atoms with Crippen molar-refractivity contribution in [3.63, 3.8) is 0 Å². The molecule has 1 amide bonds. The molecular formula is C19H27NO3. The smallest absolute Gasteiger partial charge is 0.270 e. The fraction of sp³-hybridized carbons (Fsp3) is 0.579. The number of Topliss-reactive ketones (excluding diaryl/α,β-unsaturated/α-hetero) is 1. The van der Waals surface area contributed by atoms with E-state index in [2.05, 4.69) is 6.92 Å². The zero-order chi connectivity index (χ0) is 17.0. The molecule has 1 aliphatic rings. The Morgan fingerprint density at radius 2 is 1.91 bits per heavy atom. The fourth-order valence-corrected chi connectivity index (χ4v) is 2.85. The van der Waals surface area contributed by atoms with E-state index in [0.29, 0.717) is 24.3 Å². The van der Waals surface area contributed by atoms with Gasteiger partial charge in [0, 0.05) is 18.5 Å². The van der Waals surface area contributed by atoms with E-state index < -0.39 is 5.60 Å². The molecule has 0 saturated carbocycles. The molecule has 0 bridgehead atoms. The molecule has 0 fully saturated rings. The molecule has 0 unspecified atom stereocenters. The van der Waals surface area contributed by atoms with Crippen molar-refractivity contribution in [1.29, 1.82) is 0 Å². The van der Waals surface area contributed by atoms with E-state index in [9.17, 15) is 9.59 Å². The topological polar surface area (TPSA) is 46.6 Å². The van der Waals surface area contributed by atoms with Crippen LogP contribution in [0.4, 0.5) is 5.69 Å². The predicted molar refractivity (Wildman–Crippen MR) is 92.3 cm³/mol. The Kier molecular flexibility index (Phi) is 5.45. The Morgan fingerprint density at radius 3 is 2.57 bits per heavy atom. The highest BCUT2D eigenvalue weighted by atomic mass is 16.5. The molecular weight excluding hydrogens is 290 g/mol. The summed E-state index contributed by atoms with van der Waals surface area (Å²) in [6.07, 6.45) is 4.47. The number of hydrogen-bond donors (Lipinski definition) is 0. The number of nitrogens with zero attached hydrogens (tertiary/aromatic N) is 1. The second-order valence-corrected chi connectivity index (χ2v) is 6.63. The van der Waals surface area contributed by atoms with Crippen LogP contribution in [0.15, 0.2) is 18.2 Å². The lowest BCUT2D eigenvalue weighted by Gasteiger charge is -2.39. The van der Waals surface area contributed by atoms with E-state index in [1.54, 1.807) is 24.8 Å². The number of benzene rings is 1. The van der Waals surface area contributed by atoms with Crippen molar-refractivity contribution in [2.45, 2.75) is 65.4 Å². The van der Waals surface area contributed by atoms with Crippen LogP contribution >= 0.6 is 0 Å². The van der Waals surface area contributed by atoms with Gasteiger partial charge in [0.2, 0.25) is 0 Å². The van der Waals surface area contributed by atoms with Gasteiger partial charge in [0.25, 0.3) is 5.91 Å². The number of carbonyl (C=O) groups excluding carboxylic acids is 2. The highest BCUT2D eigenvalue weighted by Crippen LogP contribution is 2.38. The van der Waals surface area contributed by atoms with Crippen LogP contribution in [0.1, 0.15) is 70.2 Å². The zero-order valence-corrected chi connectivity index (χ0v) is 14.6. The van der Waals surface area contributed by atoms with Gasteiger partial charge in [0.05, 0.1) is 5.69 Å². The molecule has 2 rings (SSSR count). The second-order valence-electron chi connectivity index (χ2n) is 6.63. The fourth-order valence-electron chi connectivity index (χ4n) is 2.85. The summed E-state index contributed by atoms with van der Waals surface area (Å²) < 4.78 is 5.86. The second kappa shape index (κ2) is 7.16. The SMILES string of the molecule is CCCCCN1C(=O)C(C)(C)Oc2ccc(C(=O)CCC)cc21. The van der Waals surface area contributed by atoms with Crippen molar-refractivity contribution in [2.75, 3.05) is 11.4 Å². The minimum atomic E-state index is -0.867. The summed E-state index contributed by atoms with van der Waals surface area (Å²) in [5.74, 6) is 0.751. The van der Waals surface area contributed by atoms with Gasteiger partial charge in [-0.05, 0) is 44.9 Å². The van der Waals surface area contributed by atoms with Crippen LogP contribution in [0.5, 0.6) is 5.75 Å². The molecule has 1 heterocycles. The molecule has 4 heteroatoms. The first-order valence-electron chi connectivity index (χ1n) is 8.59. The standard InChI is InChI=1S/C19H27NO3/c1-5-7-8-12-20-15-13-14(16(21)9-6-2)10-11-17(15)23-19(3,4)18(20)22/h10-11,13H,5-9,12H2,1-4H3. The van der Waals surface area contributed by atoms with Crippen molar-refractivity contribution < 1.29 is 14.3 Å². The Morgan fingerprint density at radius 1 is 1.17 bits per heavy atom. The molecule has 0 aliphatic carbocycles. The van der Waals surface area contributed by atoms with Gasteiger partial charge in [-0.25, -0.2) is 0 Å². The summed E-state index contributed by atoms with van der Waals surface area (Å²) in [6, 6.07) is 5.43. The van der Waals surface area contributed by atoms with Crippen LogP contribution in [0.3, 0.4) is 0 Å². The summed E-state index contributed by atoms with van der Waals surface area (Å²) in [4.78, 5) is 26.7. The lowest BCUT2D eigenvalue weighted by Crippen LogP contribution is -2.52. The van der Waals surface area contributed by atoms with Crippen LogP contribution < -0.4 is 9.64 Å². The third-order valence-electron chi connectivity index (χ3n) is 4.16. The molecule has 1 aliphatic heterocycles. The Labute approximate surface area is 138 Å². The average Bonchev–Trinajstić information content (AvgIpc) is 2.51. The van der Waals surface area contributed by atoms with E-state index in [4.69, 9.17) is 4.74 Å². The van der Waals surface area contributed by atoms with Crippen LogP contribution in [0, 0.1) is 0 Å². The maximum Gasteiger partial charge on any atom is 0.270 e. The van der Waals surface area contributed by atoms with E-state index >= 15 is 0 Å². The minimum absolute atomic E-state index is 0.0406. The summed E-state index contributed by atoms with van der Waals surface area (Å²) in [6.45, 7) is 8.38. The average molecular weight is 317 g/mol. The Balaban J connectivity index is 2.36. The number of anilines is 1. The van der Waals surface area contributed by atoms with Gasteiger partial charge in [0.15, 0.2) is 11.4 Å². The summed E-state index contributed by atoms with van der Waals surface area (Å²) >= 11 is 0. The molecule has 0 aromatic heterocycles. The molecule has 0 atom stereocenters. The van der Waals surface area contributed by atoms with Gasteiger partial charge in [-0.15, -0.1) is 0 Å². The van der Waals surface area contributed by atoms with Gasteiger partial charge < -0.3 is 9.64 Å². The van der Waals surface area contributed by atoms with Crippen molar-refractivity contribution in [1.82, 2.24) is 0 Å². The van der Waals surface area contributed by atoms with Gasteiger partial charge in [-0.1, -0.05) is 26.7 Å². The number of amides is 1. The van der Waals surface area contributed by atoms with Crippen LogP contribution in [-0.4, -0.2) is 23.8 Å². The number of fused-ring (bicyclic) bond motifs is 1. The number of carbonyl (C=O) groups is 2. The van der Waals surface area contributed by atoms with Gasteiger partial charge in [-0.3, -0.25) is 9.59 Å². The summed E-state index contributed by atoms with van der Waals surface area (Å²) in [5, 5.41) is 0. The number of hydrogen-bond acceptors (Lipinski definition) is 3. The van der Waals surface area contributed by atoms with Crippen molar-refractivity contribution in [3.8, 4) is 5.75 Å². The van der Waals surface area contributed by atoms with Gasteiger partial charge in [0.1, 0.15) is 5.75 Å². The maximum atomic E-state index is 12.7. The van der Waals surface area contributed by atoms with Crippen LogP contribution in [0.2, 0.25) is 0 Å². The van der Waals surface area contributed by atoms with Crippen LogP contribution in [0.25, 0.3) is 0 Å². The van der Waals surface area contributed by atoms with E-state index in [0.717, 1.165) is 31.4 Å². The molecule has 4 nitrogen and oxygen atoms in total. The third kappa shape index (κ3) is 3.74. The predicted octanol–water partition coefficient (Wildman–Crippen LogP) is 4.36. The molecule has 1 aromatic carbocycles. The molecule has 0 saturated heterocycles. The Bertz CT molecular complexity index is 592. The number of rotatable bonds is 7. The molecule has 0 spiro atoms. The molecule has 126 valence electrons. The summed E-state index contributed by atoms with van der Waals surface area (Å²) in [7, 11) is 0. The minimum Gasteiger partial charge on any atom is -0.476 e. The molecule has 23 heavy (non-hydrogen) atoms. The first-order chi connectivity index (χ1) is 10.9.